The minimum absolute atomic E-state index is 0.134. The second kappa shape index (κ2) is 8.61. The van der Waals surface area contributed by atoms with Crippen LogP contribution in [0.4, 0.5) is 5.69 Å². The fourth-order valence-electron chi connectivity index (χ4n) is 3.64. The first-order chi connectivity index (χ1) is 15.2. The van der Waals surface area contributed by atoms with Crippen molar-refractivity contribution in [1.82, 2.24) is 20.1 Å². The Kier molecular flexibility index (Phi) is 6.37. The van der Waals surface area contributed by atoms with Crippen LogP contribution in [0.5, 0.6) is 0 Å². The average molecular weight is 450 g/mol. The maximum Gasteiger partial charge on any atom is 0.256 e. The summed E-state index contributed by atoms with van der Waals surface area (Å²) in [6.45, 7) is 17.9. The zero-order chi connectivity index (χ0) is 24.7. The summed E-state index contributed by atoms with van der Waals surface area (Å²) in [5.74, 6) is -0.399. The molecule has 0 fully saturated rings. The van der Waals surface area contributed by atoms with Gasteiger partial charge in [0.15, 0.2) is 5.65 Å². The van der Waals surface area contributed by atoms with Crippen molar-refractivity contribution in [2.24, 2.45) is 0 Å². The van der Waals surface area contributed by atoms with E-state index in [9.17, 15) is 9.59 Å². The van der Waals surface area contributed by atoms with Crippen LogP contribution in [0.3, 0.4) is 0 Å². The smallest absolute Gasteiger partial charge is 0.256 e. The zero-order valence-electron chi connectivity index (χ0n) is 21.1. The highest BCUT2D eigenvalue weighted by atomic mass is 16.2. The predicted octanol–water partition coefficient (Wildman–Crippen LogP) is 5.40. The first-order valence-corrected chi connectivity index (χ1v) is 11.3. The van der Waals surface area contributed by atoms with Gasteiger partial charge < -0.3 is 10.6 Å². The number of benzene rings is 1. The minimum atomic E-state index is -0.393. The van der Waals surface area contributed by atoms with Crippen LogP contribution in [0.15, 0.2) is 30.3 Å². The number of carbonyl (C=O) groups is 2. The lowest BCUT2D eigenvalue weighted by Crippen LogP contribution is -2.40. The fraction of sp³-hybridized carbons (Fsp3) is 0.462. The van der Waals surface area contributed by atoms with Gasteiger partial charge in [0.2, 0.25) is 0 Å². The van der Waals surface area contributed by atoms with Crippen LogP contribution in [-0.4, -0.2) is 32.1 Å². The molecule has 0 saturated heterocycles. The molecule has 0 aliphatic rings. The Hall–Kier alpha value is -3.22. The van der Waals surface area contributed by atoms with Crippen molar-refractivity contribution < 1.29 is 9.59 Å². The fourth-order valence-corrected chi connectivity index (χ4v) is 3.64. The highest BCUT2D eigenvalue weighted by molar-refractivity contribution is 6.14. The number of amides is 2. The van der Waals surface area contributed by atoms with Gasteiger partial charge in [-0.2, -0.15) is 5.10 Å². The summed E-state index contributed by atoms with van der Waals surface area (Å²) in [6, 6.07) is 8.87. The van der Waals surface area contributed by atoms with E-state index in [0.717, 1.165) is 16.8 Å². The molecule has 0 bridgehead atoms. The quantitative estimate of drug-likeness (QED) is 0.558. The van der Waals surface area contributed by atoms with Gasteiger partial charge in [-0.25, -0.2) is 9.67 Å². The molecule has 0 saturated carbocycles. The van der Waals surface area contributed by atoms with Crippen LogP contribution in [-0.2, 0) is 5.54 Å². The number of rotatable bonds is 4. The van der Waals surface area contributed by atoms with Crippen LogP contribution in [0, 0.1) is 6.92 Å². The Bertz CT molecular complexity index is 1210. The lowest BCUT2D eigenvalue weighted by Gasteiger charge is -2.22. The number of anilines is 1. The van der Waals surface area contributed by atoms with Crippen molar-refractivity contribution >= 4 is 28.5 Å². The first kappa shape index (κ1) is 24.4. The van der Waals surface area contributed by atoms with Crippen molar-refractivity contribution in [3.8, 4) is 0 Å². The van der Waals surface area contributed by atoms with Crippen LogP contribution in [0.25, 0.3) is 11.0 Å². The van der Waals surface area contributed by atoms with Gasteiger partial charge >= 0.3 is 0 Å². The maximum atomic E-state index is 13.6. The molecule has 2 amide bonds. The topological polar surface area (TPSA) is 88.9 Å². The first-order valence-electron chi connectivity index (χ1n) is 11.3. The number of aryl methyl sites for hydroxylation is 1. The van der Waals surface area contributed by atoms with Crippen LogP contribution in [0.1, 0.15) is 93.4 Å². The maximum absolute atomic E-state index is 13.6. The van der Waals surface area contributed by atoms with E-state index in [2.05, 4.69) is 31.4 Å². The summed E-state index contributed by atoms with van der Waals surface area (Å²) in [6.07, 6.45) is 0. The molecule has 0 unspecified atom stereocenters. The van der Waals surface area contributed by atoms with Crippen LogP contribution >= 0.6 is 0 Å². The number of fused-ring (bicyclic) bond motifs is 1. The number of carbonyl (C=O) groups excluding carboxylic acids is 2. The molecule has 0 atom stereocenters. The van der Waals surface area contributed by atoms with Gasteiger partial charge in [-0.1, -0.05) is 26.0 Å². The number of nitrogens with one attached hydrogen (secondary N) is 2. The number of pyridine rings is 1. The van der Waals surface area contributed by atoms with E-state index in [-0.39, 0.29) is 23.3 Å². The Balaban J connectivity index is 2.11. The van der Waals surface area contributed by atoms with Gasteiger partial charge in [0.1, 0.15) is 0 Å². The van der Waals surface area contributed by atoms with Crippen molar-refractivity contribution in [1.29, 1.82) is 0 Å². The second-order valence-corrected chi connectivity index (χ2v) is 10.8. The Morgan fingerprint density at radius 1 is 0.970 bits per heavy atom. The Labute approximate surface area is 196 Å². The Morgan fingerprint density at radius 2 is 1.61 bits per heavy atom. The van der Waals surface area contributed by atoms with Gasteiger partial charge in [-0.05, 0) is 72.6 Å². The monoisotopic (exact) mass is 449 g/mol. The standard InChI is InChI=1S/C26H35N5O2/c1-15(2)20-14-18(21-16(3)30-31(22(21)27-20)26(7,8)9)23(32)28-19-13-11-10-12-17(19)24(33)29-25(4,5)6/h10-15H,1-9H3,(H,28,32)(H,29,33). The largest absolute Gasteiger partial charge is 0.347 e. The normalized spacial score (nSPS) is 12.3. The summed E-state index contributed by atoms with van der Waals surface area (Å²) in [7, 11) is 0. The van der Waals surface area contributed by atoms with Crippen molar-refractivity contribution in [2.45, 2.75) is 79.3 Å². The highest BCUT2D eigenvalue weighted by Gasteiger charge is 2.26. The molecule has 33 heavy (non-hydrogen) atoms. The van der Waals surface area contributed by atoms with Crippen molar-refractivity contribution in [2.75, 3.05) is 5.32 Å². The molecule has 0 aliphatic carbocycles. The van der Waals surface area contributed by atoms with Gasteiger partial charge in [-0.15, -0.1) is 0 Å². The van der Waals surface area contributed by atoms with E-state index in [0.29, 0.717) is 22.5 Å². The number of hydrogen-bond donors (Lipinski definition) is 2. The number of aromatic nitrogens is 3. The molecule has 0 aliphatic heterocycles. The molecule has 3 rings (SSSR count). The molecule has 1 aromatic carbocycles. The SMILES string of the molecule is Cc1nn(C(C)(C)C)c2nc(C(C)C)cc(C(=O)Nc3ccccc3C(=O)NC(C)(C)C)c12. The van der Waals surface area contributed by atoms with Gasteiger partial charge in [-0.3, -0.25) is 9.59 Å². The molecule has 0 radical (unpaired) electrons. The van der Waals surface area contributed by atoms with Crippen LogP contribution < -0.4 is 10.6 Å². The molecule has 0 spiro atoms. The third-order valence-corrected chi connectivity index (χ3v) is 5.21. The van der Waals surface area contributed by atoms with Crippen LogP contribution in [0.2, 0.25) is 0 Å². The number of hydrogen-bond acceptors (Lipinski definition) is 4. The van der Waals surface area contributed by atoms with Crippen molar-refractivity contribution in [3.05, 3.63) is 52.8 Å². The minimum Gasteiger partial charge on any atom is -0.347 e. The molecular weight excluding hydrogens is 414 g/mol. The molecule has 2 aromatic heterocycles. The highest BCUT2D eigenvalue weighted by Crippen LogP contribution is 2.29. The van der Waals surface area contributed by atoms with Crippen molar-refractivity contribution in [3.63, 3.8) is 0 Å². The summed E-state index contributed by atoms with van der Waals surface area (Å²) in [5, 5.41) is 11.4. The van der Waals surface area contributed by atoms with E-state index >= 15 is 0 Å². The van der Waals surface area contributed by atoms with E-state index < -0.39 is 5.54 Å². The lowest BCUT2D eigenvalue weighted by atomic mass is 10.0. The van der Waals surface area contributed by atoms with Gasteiger partial charge in [0.05, 0.1) is 33.4 Å². The van der Waals surface area contributed by atoms with Gasteiger partial charge in [0, 0.05) is 11.2 Å². The molecular formula is C26H35N5O2. The van der Waals surface area contributed by atoms with E-state index in [1.807, 2.05) is 52.3 Å². The summed E-state index contributed by atoms with van der Waals surface area (Å²) in [4.78, 5) is 31.3. The third kappa shape index (κ3) is 5.24. The molecule has 3 aromatic rings. The summed E-state index contributed by atoms with van der Waals surface area (Å²) >= 11 is 0. The molecule has 7 heteroatoms. The van der Waals surface area contributed by atoms with E-state index in [1.54, 1.807) is 24.3 Å². The lowest BCUT2D eigenvalue weighted by molar-refractivity contribution is 0.0920. The summed E-state index contributed by atoms with van der Waals surface area (Å²) in [5.41, 5.74) is 2.94. The molecule has 2 heterocycles. The second-order valence-electron chi connectivity index (χ2n) is 10.8. The number of para-hydroxylation sites is 1. The zero-order valence-corrected chi connectivity index (χ0v) is 21.1. The molecule has 7 nitrogen and oxygen atoms in total. The Morgan fingerprint density at radius 3 is 2.18 bits per heavy atom. The molecule has 2 N–H and O–H groups in total. The van der Waals surface area contributed by atoms with Gasteiger partial charge in [0.25, 0.3) is 11.8 Å². The van der Waals surface area contributed by atoms with E-state index in [4.69, 9.17) is 10.1 Å². The summed E-state index contributed by atoms with van der Waals surface area (Å²) < 4.78 is 1.88. The third-order valence-electron chi connectivity index (χ3n) is 5.21. The predicted molar refractivity (Wildman–Crippen MR) is 133 cm³/mol. The number of nitrogens with zero attached hydrogens (tertiary/aromatic N) is 3. The molecule has 176 valence electrons. The van der Waals surface area contributed by atoms with E-state index in [1.165, 1.54) is 0 Å². The average Bonchev–Trinajstić information content (AvgIpc) is 3.03.